The monoisotopic (exact) mass is 444 g/mol. The Kier molecular flexibility index (Phi) is 5.51. The third-order valence-corrected chi connectivity index (χ3v) is 5.01. The average Bonchev–Trinajstić information content (AvgIpc) is 3.20. The minimum absolute atomic E-state index is 0.0393. The lowest BCUT2D eigenvalue weighted by Gasteiger charge is -2.20. The summed E-state index contributed by atoms with van der Waals surface area (Å²) in [6.07, 6.45) is -0.603. The predicted octanol–water partition coefficient (Wildman–Crippen LogP) is 2.84. The zero-order valence-corrected chi connectivity index (χ0v) is 16.7. The number of nitrogens with zero attached hydrogens (tertiary/aromatic N) is 5. The number of nitrogens with two attached hydrogens (primary N) is 1. The molecule has 1 amide bonds. The first kappa shape index (κ1) is 21.3. The summed E-state index contributed by atoms with van der Waals surface area (Å²) >= 11 is 0. The van der Waals surface area contributed by atoms with E-state index in [0.717, 1.165) is 5.39 Å². The van der Waals surface area contributed by atoms with Crippen molar-refractivity contribution in [3.05, 3.63) is 48.9 Å². The van der Waals surface area contributed by atoms with Crippen LogP contribution in [0.2, 0.25) is 0 Å². The molecule has 1 fully saturated rings. The van der Waals surface area contributed by atoms with Gasteiger partial charge in [-0.2, -0.15) is 18.2 Å². The molecule has 1 aromatic carbocycles. The molecule has 166 valence electrons. The van der Waals surface area contributed by atoms with Crippen LogP contribution in [0.4, 0.5) is 36.4 Å². The summed E-state index contributed by atoms with van der Waals surface area (Å²) in [6.45, 7) is 4.62. The molecule has 2 aromatic heterocycles. The van der Waals surface area contributed by atoms with Crippen LogP contribution in [-0.4, -0.2) is 45.0 Å². The van der Waals surface area contributed by atoms with Gasteiger partial charge in [0, 0.05) is 36.4 Å². The Hall–Kier alpha value is -3.96. The molecule has 32 heavy (non-hydrogen) atoms. The standard InChI is InChI=1S/C20H19F3N8O/c1-2-16(32)28-11-3-4-13-15(7-11)26-10-27-18(13)31-6-5-12(9-31)29-19-25-8-14(17(24)30-19)20(21,22)23/h2-4,7-8,10,12H,1,5-6,9H2,(H,28,32)(H3,24,25,29,30). The van der Waals surface area contributed by atoms with Crippen molar-refractivity contribution in [1.29, 1.82) is 0 Å². The van der Waals surface area contributed by atoms with Crippen molar-refractivity contribution in [2.45, 2.75) is 18.6 Å². The lowest BCUT2D eigenvalue weighted by atomic mass is 10.2. The molecule has 0 bridgehead atoms. The number of carbonyl (C=O) groups is 1. The predicted molar refractivity (Wildman–Crippen MR) is 114 cm³/mol. The Morgan fingerprint density at radius 2 is 2.09 bits per heavy atom. The molecule has 1 saturated heterocycles. The minimum Gasteiger partial charge on any atom is -0.383 e. The van der Waals surface area contributed by atoms with Gasteiger partial charge in [0.2, 0.25) is 11.9 Å². The molecule has 1 unspecified atom stereocenters. The van der Waals surface area contributed by atoms with Gasteiger partial charge in [0.15, 0.2) is 0 Å². The number of fused-ring (bicyclic) bond motifs is 1. The maximum absolute atomic E-state index is 12.8. The van der Waals surface area contributed by atoms with E-state index in [2.05, 4.69) is 37.1 Å². The van der Waals surface area contributed by atoms with Crippen molar-refractivity contribution < 1.29 is 18.0 Å². The van der Waals surface area contributed by atoms with Crippen LogP contribution < -0.4 is 21.3 Å². The number of amides is 1. The largest absolute Gasteiger partial charge is 0.421 e. The number of hydrogen-bond donors (Lipinski definition) is 3. The van der Waals surface area contributed by atoms with Crippen LogP contribution in [0.25, 0.3) is 10.9 Å². The van der Waals surface area contributed by atoms with E-state index in [9.17, 15) is 18.0 Å². The fraction of sp³-hybridized carbons (Fsp3) is 0.250. The first-order valence-electron chi connectivity index (χ1n) is 9.64. The van der Waals surface area contributed by atoms with Crippen LogP contribution in [0.3, 0.4) is 0 Å². The zero-order chi connectivity index (χ0) is 22.9. The summed E-state index contributed by atoms with van der Waals surface area (Å²) in [7, 11) is 0. The summed E-state index contributed by atoms with van der Waals surface area (Å²) in [5.41, 5.74) is 5.63. The molecular weight excluding hydrogens is 425 g/mol. The highest BCUT2D eigenvalue weighted by Crippen LogP contribution is 2.33. The minimum atomic E-state index is -4.60. The third kappa shape index (κ3) is 4.38. The number of alkyl halides is 3. The van der Waals surface area contributed by atoms with Gasteiger partial charge in [-0.25, -0.2) is 15.0 Å². The number of aromatic nitrogens is 4. The second-order valence-electron chi connectivity index (χ2n) is 7.19. The lowest BCUT2D eigenvalue weighted by Crippen LogP contribution is -2.27. The third-order valence-electron chi connectivity index (χ3n) is 5.01. The summed E-state index contributed by atoms with van der Waals surface area (Å²) in [4.78, 5) is 29.7. The van der Waals surface area contributed by atoms with E-state index in [1.165, 1.54) is 12.4 Å². The second kappa shape index (κ2) is 8.29. The number of halogens is 3. The number of anilines is 4. The van der Waals surface area contributed by atoms with Crippen LogP contribution in [0.5, 0.6) is 0 Å². The Labute approximate surface area is 180 Å². The van der Waals surface area contributed by atoms with Crippen molar-refractivity contribution in [2.75, 3.05) is 34.4 Å². The van der Waals surface area contributed by atoms with E-state index in [0.29, 0.717) is 42.7 Å². The molecular formula is C20H19F3N8O. The maximum Gasteiger partial charge on any atom is 0.421 e. The lowest BCUT2D eigenvalue weighted by molar-refractivity contribution is -0.137. The van der Waals surface area contributed by atoms with Crippen LogP contribution in [0, 0.1) is 0 Å². The molecule has 0 radical (unpaired) electrons. The van der Waals surface area contributed by atoms with Gasteiger partial charge in [-0.1, -0.05) is 6.58 Å². The molecule has 9 nitrogen and oxygen atoms in total. The second-order valence-corrected chi connectivity index (χ2v) is 7.19. The quantitative estimate of drug-likeness (QED) is 0.514. The fourth-order valence-corrected chi connectivity index (χ4v) is 3.50. The van der Waals surface area contributed by atoms with Gasteiger partial charge < -0.3 is 21.3 Å². The van der Waals surface area contributed by atoms with E-state index in [1.807, 2.05) is 11.0 Å². The first-order valence-corrected chi connectivity index (χ1v) is 9.64. The SMILES string of the molecule is C=CC(=O)Nc1ccc2c(N3CCC(Nc4ncc(C(F)(F)F)c(N)n4)C3)ncnc2c1. The van der Waals surface area contributed by atoms with E-state index in [1.54, 1.807) is 12.1 Å². The van der Waals surface area contributed by atoms with Crippen molar-refractivity contribution >= 4 is 40.1 Å². The first-order chi connectivity index (χ1) is 15.2. The molecule has 1 aliphatic heterocycles. The number of hydrogen-bond acceptors (Lipinski definition) is 8. The van der Waals surface area contributed by atoms with Crippen molar-refractivity contribution in [1.82, 2.24) is 19.9 Å². The van der Waals surface area contributed by atoms with E-state index in [4.69, 9.17) is 5.73 Å². The van der Waals surface area contributed by atoms with Crippen molar-refractivity contribution in [2.24, 2.45) is 0 Å². The molecule has 12 heteroatoms. The Balaban J connectivity index is 1.49. The molecule has 0 aliphatic carbocycles. The molecule has 3 heterocycles. The molecule has 0 saturated carbocycles. The van der Waals surface area contributed by atoms with Crippen molar-refractivity contribution in [3.8, 4) is 0 Å². The Bertz CT molecular complexity index is 1180. The van der Waals surface area contributed by atoms with Gasteiger partial charge in [0.05, 0.1) is 5.52 Å². The molecule has 4 rings (SSSR count). The van der Waals surface area contributed by atoms with Gasteiger partial charge in [0.1, 0.15) is 23.5 Å². The van der Waals surface area contributed by atoms with Crippen LogP contribution in [0.1, 0.15) is 12.0 Å². The Morgan fingerprint density at radius 1 is 1.28 bits per heavy atom. The molecule has 1 atom stereocenters. The fourth-order valence-electron chi connectivity index (χ4n) is 3.50. The van der Waals surface area contributed by atoms with Crippen molar-refractivity contribution in [3.63, 3.8) is 0 Å². The van der Waals surface area contributed by atoms with Gasteiger partial charge in [-0.15, -0.1) is 0 Å². The normalized spacial score (nSPS) is 16.2. The number of benzene rings is 1. The number of nitrogens with one attached hydrogen (secondary N) is 2. The van der Waals surface area contributed by atoms with Gasteiger partial charge in [-0.3, -0.25) is 4.79 Å². The topological polar surface area (TPSA) is 122 Å². The van der Waals surface area contributed by atoms with E-state index in [-0.39, 0.29) is 17.9 Å². The number of carbonyl (C=O) groups excluding carboxylic acids is 1. The maximum atomic E-state index is 12.8. The highest BCUT2D eigenvalue weighted by molar-refractivity contribution is 6.01. The van der Waals surface area contributed by atoms with E-state index >= 15 is 0 Å². The molecule has 4 N–H and O–H groups in total. The Morgan fingerprint density at radius 3 is 2.81 bits per heavy atom. The number of rotatable bonds is 5. The van der Waals surface area contributed by atoms with Gasteiger partial charge in [-0.05, 0) is 30.7 Å². The van der Waals surface area contributed by atoms with Crippen LogP contribution in [0.15, 0.2) is 43.4 Å². The van der Waals surface area contributed by atoms with Crippen LogP contribution >= 0.6 is 0 Å². The molecule has 1 aliphatic rings. The highest BCUT2D eigenvalue weighted by atomic mass is 19.4. The smallest absolute Gasteiger partial charge is 0.383 e. The van der Waals surface area contributed by atoms with Gasteiger partial charge >= 0.3 is 6.18 Å². The molecule has 0 spiro atoms. The average molecular weight is 444 g/mol. The summed E-state index contributed by atoms with van der Waals surface area (Å²) in [6, 6.07) is 5.21. The molecule has 3 aromatic rings. The highest BCUT2D eigenvalue weighted by Gasteiger charge is 2.34. The zero-order valence-electron chi connectivity index (χ0n) is 16.7. The number of nitrogen functional groups attached to an aromatic ring is 1. The summed E-state index contributed by atoms with van der Waals surface area (Å²) in [5.74, 6) is -0.185. The van der Waals surface area contributed by atoms with Gasteiger partial charge in [0.25, 0.3) is 0 Å². The summed E-state index contributed by atoms with van der Waals surface area (Å²) in [5, 5.41) is 6.53. The summed E-state index contributed by atoms with van der Waals surface area (Å²) < 4.78 is 38.5. The van der Waals surface area contributed by atoms with E-state index < -0.39 is 17.6 Å². The van der Waals surface area contributed by atoms with Crippen LogP contribution in [-0.2, 0) is 11.0 Å².